The predicted molar refractivity (Wildman–Crippen MR) is 71.1 cm³/mol. The van der Waals surface area contributed by atoms with Gasteiger partial charge in [0.05, 0.1) is 5.69 Å². The van der Waals surface area contributed by atoms with Crippen molar-refractivity contribution >= 4 is 33.5 Å². The zero-order chi connectivity index (χ0) is 13.8. The van der Waals surface area contributed by atoms with Crippen LogP contribution in [0.3, 0.4) is 0 Å². The maximum Gasteiger partial charge on any atom is 0.356 e. The van der Waals surface area contributed by atoms with E-state index in [-0.39, 0.29) is 17.1 Å². The van der Waals surface area contributed by atoms with Crippen molar-refractivity contribution < 1.29 is 14.7 Å². The van der Waals surface area contributed by atoms with Gasteiger partial charge in [-0.3, -0.25) is 4.79 Å². The summed E-state index contributed by atoms with van der Waals surface area (Å²) in [4.78, 5) is 30.6. The van der Waals surface area contributed by atoms with E-state index in [9.17, 15) is 9.59 Å². The molecule has 0 radical (unpaired) electrons. The van der Waals surface area contributed by atoms with Gasteiger partial charge in [-0.15, -0.1) is 0 Å². The fraction of sp³-hybridized carbons (Fsp3) is 0. The summed E-state index contributed by atoms with van der Waals surface area (Å²) < 4.78 is 0.518. The maximum atomic E-state index is 11.9. The molecule has 2 N–H and O–H groups in total. The number of rotatable bonds is 3. The summed E-state index contributed by atoms with van der Waals surface area (Å²) in [5.41, 5.74) is 0.0854. The van der Waals surface area contributed by atoms with Crippen molar-refractivity contribution in [3.8, 4) is 0 Å². The van der Waals surface area contributed by atoms with Gasteiger partial charge in [0, 0.05) is 6.20 Å². The average molecular weight is 322 g/mol. The van der Waals surface area contributed by atoms with Crippen molar-refractivity contribution in [2.24, 2.45) is 0 Å². The van der Waals surface area contributed by atoms with E-state index in [1.165, 1.54) is 24.4 Å². The van der Waals surface area contributed by atoms with Gasteiger partial charge in [0.1, 0.15) is 10.3 Å². The van der Waals surface area contributed by atoms with Crippen molar-refractivity contribution in [1.29, 1.82) is 0 Å². The fourth-order valence-corrected chi connectivity index (χ4v) is 1.74. The predicted octanol–water partition coefficient (Wildman–Crippen LogP) is 2.19. The number of pyridine rings is 2. The minimum atomic E-state index is -1.21. The largest absolute Gasteiger partial charge is 0.476 e. The minimum absolute atomic E-state index is 0.127. The Bertz CT molecular complexity index is 646. The van der Waals surface area contributed by atoms with Crippen LogP contribution in [0.1, 0.15) is 21.0 Å². The molecule has 0 fully saturated rings. The van der Waals surface area contributed by atoms with Crippen LogP contribution in [0.25, 0.3) is 0 Å². The normalized spacial score (nSPS) is 9.95. The first-order valence-electron chi connectivity index (χ1n) is 5.20. The lowest BCUT2D eigenvalue weighted by Crippen LogP contribution is -2.16. The number of carboxylic acids is 1. The van der Waals surface area contributed by atoms with E-state index in [2.05, 4.69) is 31.2 Å². The highest BCUT2D eigenvalue weighted by atomic mass is 79.9. The summed E-state index contributed by atoms with van der Waals surface area (Å²) >= 11 is 3.16. The number of amides is 1. The zero-order valence-electron chi connectivity index (χ0n) is 9.50. The van der Waals surface area contributed by atoms with Crippen molar-refractivity contribution in [3.63, 3.8) is 0 Å². The molecule has 0 saturated carbocycles. The highest BCUT2D eigenvalue weighted by molar-refractivity contribution is 9.10. The van der Waals surface area contributed by atoms with E-state index in [1.807, 2.05) is 0 Å². The van der Waals surface area contributed by atoms with Crippen LogP contribution in [-0.4, -0.2) is 27.0 Å². The summed E-state index contributed by atoms with van der Waals surface area (Å²) in [6.45, 7) is 0. The van der Waals surface area contributed by atoms with E-state index in [0.29, 0.717) is 4.60 Å². The molecule has 0 bridgehead atoms. The molecule has 0 atom stereocenters. The minimum Gasteiger partial charge on any atom is -0.476 e. The summed E-state index contributed by atoms with van der Waals surface area (Å²) in [5, 5.41) is 11.4. The number of carbonyl (C=O) groups is 2. The molecule has 6 nitrogen and oxygen atoms in total. The van der Waals surface area contributed by atoms with Crippen molar-refractivity contribution in [3.05, 3.63) is 52.5 Å². The van der Waals surface area contributed by atoms with Crippen LogP contribution in [0.15, 0.2) is 41.1 Å². The third-order valence-corrected chi connectivity index (χ3v) is 2.65. The second-order valence-corrected chi connectivity index (χ2v) is 4.32. The Morgan fingerprint density at radius 2 is 2.00 bits per heavy atom. The van der Waals surface area contributed by atoms with E-state index in [4.69, 9.17) is 5.11 Å². The van der Waals surface area contributed by atoms with Crippen molar-refractivity contribution in [2.45, 2.75) is 0 Å². The zero-order valence-corrected chi connectivity index (χ0v) is 11.1. The number of hydrogen-bond donors (Lipinski definition) is 2. The van der Waals surface area contributed by atoms with Gasteiger partial charge in [0.15, 0.2) is 5.69 Å². The molecule has 2 aromatic rings. The third-order valence-electron chi connectivity index (χ3n) is 2.21. The fourth-order valence-electron chi connectivity index (χ4n) is 1.40. The average Bonchev–Trinajstić information content (AvgIpc) is 2.39. The second kappa shape index (κ2) is 5.57. The Hall–Kier alpha value is -2.28. The SMILES string of the molecule is O=C(Nc1cccnc1C(=O)O)c1cccc(Br)n1. The van der Waals surface area contributed by atoms with Gasteiger partial charge in [-0.1, -0.05) is 6.07 Å². The molecule has 96 valence electrons. The number of anilines is 1. The summed E-state index contributed by atoms with van der Waals surface area (Å²) in [7, 11) is 0. The number of hydrogen-bond acceptors (Lipinski definition) is 4. The van der Waals surface area contributed by atoms with Crippen LogP contribution in [-0.2, 0) is 0 Å². The molecule has 0 aliphatic heterocycles. The molecule has 7 heteroatoms. The van der Waals surface area contributed by atoms with E-state index in [0.717, 1.165) is 0 Å². The lowest BCUT2D eigenvalue weighted by Gasteiger charge is -2.06. The first-order chi connectivity index (χ1) is 9.08. The summed E-state index contributed by atoms with van der Waals surface area (Å²) in [6.07, 6.45) is 1.34. The van der Waals surface area contributed by atoms with Gasteiger partial charge in [-0.25, -0.2) is 14.8 Å². The van der Waals surface area contributed by atoms with E-state index in [1.54, 1.807) is 12.1 Å². The van der Waals surface area contributed by atoms with Gasteiger partial charge >= 0.3 is 5.97 Å². The Labute approximate surface area is 116 Å². The van der Waals surface area contributed by atoms with Crippen molar-refractivity contribution in [2.75, 3.05) is 5.32 Å². The van der Waals surface area contributed by atoms with Crippen LogP contribution >= 0.6 is 15.9 Å². The highest BCUT2D eigenvalue weighted by Crippen LogP contribution is 2.14. The van der Waals surface area contributed by atoms with Gasteiger partial charge in [0.2, 0.25) is 0 Å². The topological polar surface area (TPSA) is 92.2 Å². The van der Waals surface area contributed by atoms with Gasteiger partial charge < -0.3 is 10.4 Å². The molecule has 1 amide bonds. The van der Waals surface area contributed by atoms with Crippen molar-refractivity contribution in [1.82, 2.24) is 9.97 Å². The molecule has 0 spiro atoms. The standard InChI is InChI=1S/C12H8BrN3O3/c13-9-5-1-3-8(15-9)11(17)16-7-4-2-6-14-10(7)12(18)19/h1-6H,(H,16,17)(H,18,19). The number of nitrogens with one attached hydrogen (secondary N) is 1. The molecule has 0 aromatic carbocycles. The quantitative estimate of drug-likeness (QED) is 0.845. The Kier molecular flexibility index (Phi) is 3.86. The monoisotopic (exact) mass is 321 g/mol. The van der Waals surface area contributed by atoms with Gasteiger partial charge in [-0.2, -0.15) is 0 Å². The Morgan fingerprint density at radius 1 is 1.21 bits per heavy atom. The lowest BCUT2D eigenvalue weighted by molar-refractivity contribution is 0.0692. The van der Waals surface area contributed by atoms with E-state index >= 15 is 0 Å². The molecule has 0 unspecified atom stereocenters. The molecular weight excluding hydrogens is 314 g/mol. The second-order valence-electron chi connectivity index (χ2n) is 3.50. The first-order valence-corrected chi connectivity index (χ1v) is 5.99. The molecule has 2 heterocycles. The number of carboxylic acid groups (broad SMARTS) is 1. The van der Waals surface area contributed by atoms with Gasteiger partial charge in [0.25, 0.3) is 5.91 Å². The molecule has 0 aliphatic rings. The number of carbonyl (C=O) groups excluding carboxylic acids is 1. The van der Waals surface area contributed by atoms with Crippen LogP contribution in [0.2, 0.25) is 0 Å². The molecule has 19 heavy (non-hydrogen) atoms. The molecule has 2 aromatic heterocycles. The summed E-state index contributed by atoms with van der Waals surface area (Å²) in [6, 6.07) is 7.87. The van der Waals surface area contributed by atoms with Gasteiger partial charge in [-0.05, 0) is 40.2 Å². The number of halogens is 1. The molecular formula is C12H8BrN3O3. The maximum absolute atomic E-state index is 11.9. The molecule has 0 saturated heterocycles. The Morgan fingerprint density at radius 3 is 2.68 bits per heavy atom. The number of nitrogens with zero attached hydrogens (tertiary/aromatic N) is 2. The highest BCUT2D eigenvalue weighted by Gasteiger charge is 2.15. The van der Waals surface area contributed by atoms with Crippen LogP contribution < -0.4 is 5.32 Å². The molecule has 0 aliphatic carbocycles. The third kappa shape index (κ3) is 3.14. The van der Waals surface area contributed by atoms with Crippen LogP contribution in [0, 0.1) is 0 Å². The van der Waals surface area contributed by atoms with Crippen LogP contribution in [0.4, 0.5) is 5.69 Å². The molecule has 2 rings (SSSR count). The smallest absolute Gasteiger partial charge is 0.356 e. The van der Waals surface area contributed by atoms with E-state index < -0.39 is 11.9 Å². The first kappa shape index (κ1) is 13.2. The Balaban J connectivity index is 2.27. The summed E-state index contributed by atoms with van der Waals surface area (Å²) in [5.74, 6) is -1.71. The number of aromatic carboxylic acids is 1. The lowest BCUT2D eigenvalue weighted by atomic mass is 10.2. The van der Waals surface area contributed by atoms with Crippen LogP contribution in [0.5, 0.6) is 0 Å². The number of aromatic nitrogens is 2.